The summed E-state index contributed by atoms with van der Waals surface area (Å²) in [4.78, 5) is 21.7. The lowest BCUT2D eigenvalue weighted by Gasteiger charge is -2.18. The van der Waals surface area contributed by atoms with Crippen molar-refractivity contribution < 1.29 is 23.9 Å². The molecule has 0 heterocycles. The first kappa shape index (κ1) is 19.3. The third kappa shape index (κ3) is 5.27. The molecule has 0 aliphatic rings. The van der Waals surface area contributed by atoms with Crippen LogP contribution < -0.4 is 0 Å². The van der Waals surface area contributed by atoms with Gasteiger partial charge in [0.15, 0.2) is 6.10 Å². The van der Waals surface area contributed by atoms with E-state index in [1.807, 2.05) is 42.5 Å². The summed E-state index contributed by atoms with van der Waals surface area (Å²) in [6, 6.07) is 22.4. The molecule has 27 heavy (non-hydrogen) atoms. The van der Waals surface area contributed by atoms with Crippen molar-refractivity contribution >= 4 is 24.3 Å². The van der Waals surface area contributed by atoms with Crippen molar-refractivity contribution in [2.45, 2.75) is 25.1 Å². The summed E-state index contributed by atoms with van der Waals surface area (Å²) in [6.45, 7) is 0. The van der Waals surface area contributed by atoms with Gasteiger partial charge in [-0.1, -0.05) is 72.8 Å². The van der Waals surface area contributed by atoms with Gasteiger partial charge in [0, 0.05) is 0 Å². The highest BCUT2D eigenvalue weighted by molar-refractivity contribution is 7.52. The third-order valence-electron chi connectivity index (χ3n) is 4.35. The number of aryl methyl sites for hydroxylation is 1. The molecule has 0 fully saturated rings. The SMILES string of the molecule is O=C(O)C(CCc1cccc2ccccc12)OP(=O)(O)Cc1ccccc1. The highest BCUT2D eigenvalue weighted by atomic mass is 31.2. The first-order valence-electron chi connectivity index (χ1n) is 8.68. The Hall–Kier alpha value is -2.46. The van der Waals surface area contributed by atoms with E-state index in [9.17, 15) is 19.4 Å². The second-order valence-electron chi connectivity index (χ2n) is 6.39. The van der Waals surface area contributed by atoms with Gasteiger partial charge in [-0.2, -0.15) is 0 Å². The monoisotopic (exact) mass is 384 g/mol. The summed E-state index contributed by atoms with van der Waals surface area (Å²) in [6.07, 6.45) is -1.01. The van der Waals surface area contributed by atoms with Gasteiger partial charge >= 0.3 is 13.6 Å². The smallest absolute Gasteiger partial charge is 0.333 e. The van der Waals surface area contributed by atoms with E-state index in [0.717, 1.165) is 16.3 Å². The minimum absolute atomic E-state index is 0.114. The average Bonchev–Trinajstić information content (AvgIpc) is 2.65. The lowest BCUT2D eigenvalue weighted by Crippen LogP contribution is -2.24. The molecule has 2 N–H and O–H groups in total. The van der Waals surface area contributed by atoms with E-state index in [-0.39, 0.29) is 12.6 Å². The Morgan fingerprint density at radius 2 is 1.63 bits per heavy atom. The number of hydrogen-bond donors (Lipinski definition) is 2. The summed E-state index contributed by atoms with van der Waals surface area (Å²) in [5.74, 6) is -1.24. The molecule has 2 unspecified atom stereocenters. The standard InChI is InChI=1S/C21H21O5P/c22-21(23)20(26-27(24,25)15-16-7-2-1-3-8-16)14-13-18-11-6-10-17-9-4-5-12-19(17)18/h1-12,20H,13-15H2,(H,22,23)(H,24,25). The van der Waals surface area contributed by atoms with Crippen molar-refractivity contribution in [3.05, 3.63) is 83.9 Å². The van der Waals surface area contributed by atoms with Gasteiger partial charge in [0.05, 0.1) is 6.16 Å². The van der Waals surface area contributed by atoms with Gasteiger partial charge in [-0.25, -0.2) is 4.79 Å². The molecule has 2 atom stereocenters. The van der Waals surface area contributed by atoms with Gasteiger partial charge in [-0.15, -0.1) is 0 Å². The molecule has 0 spiro atoms. The Kier molecular flexibility index (Phi) is 6.07. The number of carboxylic acids is 1. The fraction of sp³-hybridized carbons (Fsp3) is 0.190. The maximum atomic E-state index is 12.4. The van der Waals surface area contributed by atoms with Crippen LogP contribution in [-0.4, -0.2) is 22.1 Å². The van der Waals surface area contributed by atoms with Crippen LogP contribution in [0.15, 0.2) is 72.8 Å². The second-order valence-corrected chi connectivity index (χ2v) is 8.19. The molecule has 0 radical (unpaired) electrons. The first-order chi connectivity index (χ1) is 12.9. The van der Waals surface area contributed by atoms with Crippen molar-refractivity contribution in [1.82, 2.24) is 0 Å². The number of rotatable bonds is 8. The summed E-state index contributed by atoms with van der Waals surface area (Å²) in [5.41, 5.74) is 1.61. The topological polar surface area (TPSA) is 83.8 Å². The van der Waals surface area contributed by atoms with Crippen LogP contribution in [0.2, 0.25) is 0 Å². The quantitative estimate of drug-likeness (QED) is 0.553. The first-order valence-corrected chi connectivity index (χ1v) is 10.4. The summed E-state index contributed by atoms with van der Waals surface area (Å²) >= 11 is 0. The average molecular weight is 384 g/mol. The van der Waals surface area contributed by atoms with E-state index in [0.29, 0.717) is 12.0 Å². The predicted molar refractivity (Wildman–Crippen MR) is 105 cm³/mol. The molecule has 0 saturated carbocycles. The van der Waals surface area contributed by atoms with Crippen LogP contribution in [-0.2, 0) is 26.5 Å². The fourth-order valence-corrected chi connectivity index (χ4v) is 4.41. The highest BCUT2D eigenvalue weighted by Crippen LogP contribution is 2.47. The van der Waals surface area contributed by atoms with E-state index >= 15 is 0 Å². The van der Waals surface area contributed by atoms with Gasteiger partial charge < -0.3 is 10.00 Å². The molecule has 3 aromatic carbocycles. The largest absolute Gasteiger partial charge is 0.479 e. The van der Waals surface area contributed by atoms with Crippen molar-refractivity contribution in [3.8, 4) is 0 Å². The van der Waals surface area contributed by atoms with Crippen LogP contribution in [0.25, 0.3) is 10.8 Å². The molecule has 3 rings (SSSR count). The Morgan fingerprint density at radius 3 is 2.37 bits per heavy atom. The van der Waals surface area contributed by atoms with Gasteiger partial charge in [-0.3, -0.25) is 9.09 Å². The van der Waals surface area contributed by atoms with Crippen molar-refractivity contribution in [1.29, 1.82) is 0 Å². The molecule has 0 amide bonds. The van der Waals surface area contributed by atoms with E-state index in [1.165, 1.54) is 0 Å². The molecule has 6 heteroatoms. The molecule has 5 nitrogen and oxygen atoms in total. The van der Waals surface area contributed by atoms with E-state index < -0.39 is 19.7 Å². The molecule has 0 aliphatic heterocycles. The van der Waals surface area contributed by atoms with E-state index in [1.54, 1.807) is 30.3 Å². The lowest BCUT2D eigenvalue weighted by molar-refractivity contribution is -0.145. The van der Waals surface area contributed by atoms with Crippen LogP contribution in [0.4, 0.5) is 0 Å². The number of benzene rings is 3. The van der Waals surface area contributed by atoms with Crippen molar-refractivity contribution in [2.75, 3.05) is 0 Å². The normalized spacial score (nSPS) is 14.6. The van der Waals surface area contributed by atoms with Gasteiger partial charge in [0.2, 0.25) is 0 Å². The Bertz CT molecular complexity index is 965. The Morgan fingerprint density at radius 1 is 0.963 bits per heavy atom. The van der Waals surface area contributed by atoms with Crippen LogP contribution in [0.5, 0.6) is 0 Å². The number of hydrogen-bond acceptors (Lipinski definition) is 3. The maximum Gasteiger partial charge on any atom is 0.333 e. The highest BCUT2D eigenvalue weighted by Gasteiger charge is 2.29. The molecule has 0 aromatic heterocycles. The minimum Gasteiger partial charge on any atom is -0.479 e. The van der Waals surface area contributed by atoms with Crippen LogP contribution >= 0.6 is 7.60 Å². The van der Waals surface area contributed by atoms with Gasteiger partial charge in [-0.05, 0) is 34.7 Å². The molecular formula is C21H21O5P. The number of carboxylic acid groups (broad SMARTS) is 1. The third-order valence-corrected chi connectivity index (χ3v) is 5.70. The summed E-state index contributed by atoms with van der Waals surface area (Å²) < 4.78 is 17.5. The second kappa shape index (κ2) is 8.49. The summed E-state index contributed by atoms with van der Waals surface area (Å²) in [5, 5.41) is 11.5. The predicted octanol–water partition coefficient (Wildman–Crippen LogP) is 4.63. The van der Waals surface area contributed by atoms with Crippen molar-refractivity contribution in [3.63, 3.8) is 0 Å². The summed E-state index contributed by atoms with van der Waals surface area (Å²) in [7, 11) is -4.07. The minimum atomic E-state index is -4.07. The van der Waals surface area contributed by atoms with Crippen molar-refractivity contribution in [2.24, 2.45) is 0 Å². The molecule has 0 aliphatic carbocycles. The Balaban J connectivity index is 1.70. The van der Waals surface area contributed by atoms with Crippen LogP contribution in [0.3, 0.4) is 0 Å². The molecule has 3 aromatic rings. The number of fused-ring (bicyclic) bond motifs is 1. The molecule has 140 valence electrons. The zero-order chi connectivity index (χ0) is 19.3. The lowest BCUT2D eigenvalue weighted by atomic mass is 9.99. The molecule has 0 bridgehead atoms. The molecule has 0 saturated heterocycles. The Labute approximate surface area is 157 Å². The van der Waals surface area contributed by atoms with Crippen LogP contribution in [0.1, 0.15) is 17.5 Å². The zero-order valence-corrected chi connectivity index (χ0v) is 15.6. The van der Waals surface area contributed by atoms with Crippen LogP contribution in [0, 0.1) is 0 Å². The maximum absolute atomic E-state index is 12.4. The van der Waals surface area contributed by atoms with Gasteiger partial charge in [0.25, 0.3) is 0 Å². The van der Waals surface area contributed by atoms with E-state index in [4.69, 9.17) is 4.52 Å². The van der Waals surface area contributed by atoms with E-state index in [2.05, 4.69) is 0 Å². The zero-order valence-electron chi connectivity index (χ0n) is 14.7. The number of carbonyl (C=O) groups is 1. The molecular weight excluding hydrogens is 363 g/mol. The van der Waals surface area contributed by atoms with Gasteiger partial charge in [0.1, 0.15) is 0 Å². The number of aliphatic carboxylic acids is 1. The fourth-order valence-electron chi connectivity index (χ4n) is 3.07.